The van der Waals surface area contributed by atoms with Gasteiger partial charge in [-0.1, -0.05) is 33.1 Å². The van der Waals surface area contributed by atoms with Gasteiger partial charge in [0.2, 0.25) is 5.88 Å². The van der Waals surface area contributed by atoms with Gasteiger partial charge in [-0.2, -0.15) is 4.98 Å². The molecule has 5 heteroatoms. The molecular formula is C15H26N4O. The summed E-state index contributed by atoms with van der Waals surface area (Å²) in [5.74, 6) is 1.85. The minimum absolute atomic E-state index is 0.439. The van der Waals surface area contributed by atoms with Crippen molar-refractivity contribution in [2.45, 2.75) is 58.4 Å². The first-order chi connectivity index (χ1) is 9.72. The molecule has 1 aliphatic rings. The maximum atomic E-state index is 6.11. The predicted octanol–water partition coefficient (Wildman–Crippen LogP) is 3.23. The number of ether oxygens (including phenoxy) is 1. The van der Waals surface area contributed by atoms with Crippen LogP contribution in [0, 0.1) is 5.92 Å². The van der Waals surface area contributed by atoms with Crippen LogP contribution in [0.5, 0.6) is 5.88 Å². The Morgan fingerprint density at radius 3 is 2.90 bits per heavy atom. The summed E-state index contributed by atoms with van der Waals surface area (Å²) in [4.78, 5) is 8.39. The van der Waals surface area contributed by atoms with Gasteiger partial charge < -0.3 is 15.8 Å². The highest BCUT2D eigenvalue weighted by atomic mass is 16.5. The summed E-state index contributed by atoms with van der Waals surface area (Å²) in [6.07, 6.45) is 8.82. The molecule has 20 heavy (non-hydrogen) atoms. The van der Waals surface area contributed by atoms with Crippen LogP contribution in [0.1, 0.15) is 52.4 Å². The zero-order chi connectivity index (χ0) is 14.4. The number of hydrogen-bond donors (Lipinski definition) is 2. The lowest BCUT2D eigenvalue weighted by atomic mass is 9.97. The van der Waals surface area contributed by atoms with Crippen molar-refractivity contribution in [3.63, 3.8) is 0 Å². The maximum absolute atomic E-state index is 6.11. The van der Waals surface area contributed by atoms with E-state index in [-0.39, 0.29) is 0 Å². The topological polar surface area (TPSA) is 73.1 Å². The van der Waals surface area contributed by atoms with Crippen LogP contribution in [0.4, 0.5) is 11.5 Å². The Kier molecular flexibility index (Phi) is 5.44. The van der Waals surface area contributed by atoms with E-state index in [0.29, 0.717) is 36.0 Å². The first-order valence-electron chi connectivity index (χ1n) is 7.72. The zero-order valence-electron chi connectivity index (χ0n) is 12.6. The summed E-state index contributed by atoms with van der Waals surface area (Å²) in [7, 11) is 0. The molecule has 2 atom stereocenters. The number of aromatic nitrogens is 2. The lowest BCUT2D eigenvalue weighted by Crippen LogP contribution is -2.27. The summed E-state index contributed by atoms with van der Waals surface area (Å²) in [5, 5.41) is 3.50. The van der Waals surface area contributed by atoms with Crippen molar-refractivity contribution in [1.82, 2.24) is 9.97 Å². The highest BCUT2D eigenvalue weighted by Crippen LogP contribution is 2.30. The van der Waals surface area contributed by atoms with Crippen LogP contribution in [-0.4, -0.2) is 22.6 Å². The largest absolute Gasteiger partial charge is 0.476 e. The quantitative estimate of drug-likeness (QED) is 0.809. The predicted molar refractivity (Wildman–Crippen MR) is 81.9 cm³/mol. The van der Waals surface area contributed by atoms with Gasteiger partial charge in [0.15, 0.2) is 5.82 Å². The van der Waals surface area contributed by atoms with Crippen LogP contribution in [0.2, 0.25) is 0 Å². The number of nitrogens with one attached hydrogen (secondary N) is 1. The van der Waals surface area contributed by atoms with E-state index in [0.717, 1.165) is 6.42 Å². The van der Waals surface area contributed by atoms with Gasteiger partial charge >= 0.3 is 0 Å². The van der Waals surface area contributed by atoms with Gasteiger partial charge in [0.1, 0.15) is 12.0 Å². The number of anilines is 2. The van der Waals surface area contributed by atoms with Crippen molar-refractivity contribution in [3.8, 4) is 5.88 Å². The van der Waals surface area contributed by atoms with Gasteiger partial charge in [-0.05, 0) is 25.2 Å². The molecule has 2 rings (SSSR count). The molecule has 0 amide bonds. The normalized spacial score (nSPS) is 23.1. The molecule has 0 aliphatic heterocycles. The molecule has 1 fully saturated rings. The molecule has 1 aromatic heterocycles. The van der Waals surface area contributed by atoms with Crippen molar-refractivity contribution in [1.29, 1.82) is 0 Å². The van der Waals surface area contributed by atoms with Crippen molar-refractivity contribution in [2.24, 2.45) is 5.92 Å². The first kappa shape index (κ1) is 14.9. The third kappa shape index (κ3) is 3.74. The van der Waals surface area contributed by atoms with Crippen molar-refractivity contribution in [2.75, 3.05) is 17.7 Å². The molecule has 0 radical (unpaired) electrons. The summed E-state index contributed by atoms with van der Waals surface area (Å²) in [5.41, 5.74) is 6.64. The van der Waals surface area contributed by atoms with Crippen LogP contribution in [0.15, 0.2) is 6.33 Å². The van der Waals surface area contributed by atoms with E-state index in [1.165, 1.54) is 38.4 Å². The molecule has 3 N–H and O–H groups in total. The minimum atomic E-state index is 0.439. The van der Waals surface area contributed by atoms with Crippen LogP contribution >= 0.6 is 0 Å². The van der Waals surface area contributed by atoms with Crippen molar-refractivity contribution in [3.05, 3.63) is 6.33 Å². The fraction of sp³-hybridized carbons (Fsp3) is 0.733. The van der Waals surface area contributed by atoms with Gasteiger partial charge in [-0.3, -0.25) is 0 Å². The number of nitrogens with two attached hydrogens (primary N) is 1. The number of rotatable bonds is 5. The van der Waals surface area contributed by atoms with E-state index in [1.807, 2.05) is 0 Å². The lowest BCUT2D eigenvalue weighted by molar-refractivity contribution is 0.306. The minimum Gasteiger partial charge on any atom is -0.476 e. The standard InChI is InChI=1S/C15H26N4O/c1-3-9-20-15-13(16)14(17-10-18-15)19-12-8-6-4-5-7-11(12)2/h10-12H,3-9,16H2,1-2H3,(H,17,18,19). The fourth-order valence-corrected chi connectivity index (χ4v) is 2.69. The molecule has 5 nitrogen and oxygen atoms in total. The monoisotopic (exact) mass is 278 g/mol. The van der Waals surface area contributed by atoms with Gasteiger partial charge in [0.25, 0.3) is 0 Å². The SMILES string of the molecule is CCCOc1ncnc(NC2CCCCCC2C)c1N. The summed E-state index contributed by atoms with van der Waals surface area (Å²) in [6, 6.07) is 0.439. The molecule has 1 heterocycles. The molecular weight excluding hydrogens is 252 g/mol. The Balaban J connectivity index is 2.07. The molecule has 1 saturated carbocycles. The second-order valence-electron chi connectivity index (χ2n) is 5.66. The third-order valence-corrected chi connectivity index (χ3v) is 3.97. The molecule has 0 bridgehead atoms. The lowest BCUT2D eigenvalue weighted by Gasteiger charge is -2.24. The van der Waals surface area contributed by atoms with Crippen molar-refractivity contribution < 1.29 is 4.74 Å². The molecule has 0 aromatic carbocycles. The number of nitrogen functional groups attached to an aromatic ring is 1. The molecule has 1 aliphatic carbocycles. The molecule has 1 aromatic rings. The fourth-order valence-electron chi connectivity index (χ4n) is 2.69. The second-order valence-corrected chi connectivity index (χ2v) is 5.66. The van der Waals surface area contributed by atoms with E-state index in [4.69, 9.17) is 10.5 Å². The molecule has 112 valence electrons. The Morgan fingerprint density at radius 1 is 1.30 bits per heavy atom. The Bertz CT molecular complexity index is 424. The maximum Gasteiger partial charge on any atom is 0.242 e. The van der Waals surface area contributed by atoms with Gasteiger partial charge in [-0.15, -0.1) is 0 Å². The smallest absolute Gasteiger partial charge is 0.242 e. The zero-order valence-corrected chi connectivity index (χ0v) is 12.6. The summed E-state index contributed by atoms with van der Waals surface area (Å²) in [6.45, 7) is 4.99. The van der Waals surface area contributed by atoms with E-state index in [1.54, 1.807) is 0 Å². The first-order valence-corrected chi connectivity index (χ1v) is 7.72. The highest BCUT2D eigenvalue weighted by Gasteiger charge is 2.21. The van der Waals surface area contributed by atoms with E-state index >= 15 is 0 Å². The molecule has 0 spiro atoms. The van der Waals surface area contributed by atoms with Crippen molar-refractivity contribution >= 4 is 11.5 Å². The Morgan fingerprint density at radius 2 is 2.10 bits per heavy atom. The summed E-state index contributed by atoms with van der Waals surface area (Å²) < 4.78 is 5.55. The van der Waals surface area contributed by atoms with Gasteiger partial charge in [0.05, 0.1) is 6.61 Å². The van der Waals surface area contributed by atoms with E-state index < -0.39 is 0 Å². The van der Waals surface area contributed by atoms with E-state index in [9.17, 15) is 0 Å². The van der Waals surface area contributed by atoms with Crippen LogP contribution in [0.3, 0.4) is 0 Å². The van der Waals surface area contributed by atoms with E-state index in [2.05, 4.69) is 29.1 Å². The van der Waals surface area contributed by atoms with Crippen LogP contribution in [0.25, 0.3) is 0 Å². The van der Waals surface area contributed by atoms with Gasteiger partial charge in [-0.25, -0.2) is 4.98 Å². The Labute approximate surface area is 121 Å². The molecule has 0 saturated heterocycles. The second kappa shape index (κ2) is 7.31. The number of nitrogens with zero attached hydrogens (tertiary/aromatic N) is 2. The average molecular weight is 278 g/mol. The summed E-state index contributed by atoms with van der Waals surface area (Å²) >= 11 is 0. The van der Waals surface area contributed by atoms with Crippen LogP contribution < -0.4 is 15.8 Å². The highest BCUT2D eigenvalue weighted by molar-refractivity contribution is 5.66. The average Bonchev–Trinajstić information content (AvgIpc) is 2.65. The Hall–Kier alpha value is -1.52. The van der Waals surface area contributed by atoms with Crippen LogP contribution in [-0.2, 0) is 0 Å². The molecule has 2 unspecified atom stereocenters. The number of hydrogen-bond acceptors (Lipinski definition) is 5. The third-order valence-electron chi connectivity index (χ3n) is 3.97. The van der Waals surface area contributed by atoms with Gasteiger partial charge in [0, 0.05) is 6.04 Å².